The van der Waals surface area contributed by atoms with Crippen molar-refractivity contribution in [2.75, 3.05) is 83.8 Å². The largest absolute Gasteiger partial charge is 0.549 e. The van der Waals surface area contributed by atoms with Crippen LogP contribution >= 0.6 is 0 Å². The molecule has 0 atom stereocenters. The van der Waals surface area contributed by atoms with Crippen molar-refractivity contribution in [3.8, 4) is 51.7 Å². The smallest absolute Gasteiger partial charge is 0.493 e. The number of benzene rings is 3. The Balaban J connectivity index is 1.74. The summed E-state index contributed by atoms with van der Waals surface area (Å²) in [5.41, 5.74) is -2.39. The van der Waals surface area contributed by atoms with Crippen LogP contribution in [0.5, 0.6) is 51.7 Å². The minimum absolute atomic E-state index is 0.0349. The number of carbonyl (C=O) groups excluding carboxylic acids is 6. The van der Waals surface area contributed by atoms with Crippen molar-refractivity contribution >= 4 is 36.4 Å². The molecule has 0 aromatic heterocycles. The number of ether oxygens (including phenoxy) is 12. The summed E-state index contributed by atoms with van der Waals surface area (Å²) in [5, 5.41) is 0. The Morgan fingerprint density at radius 2 is 0.619 bits per heavy atom. The summed E-state index contributed by atoms with van der Waals surface area (Å²) in [5.74, 6) is -3.24. The van der Waals surface area contributed by atoms with Crippen molar-refractivity contribution in [1.29, 1.82) is 0 Å². The van der Waals surface area contributed by atoms with Gasteiger partial charge in [-0.15, -0.1) is 0 Å². The second kappa shape index (κ2) is 23.8. The molecular formula is C39H44O24. The third-order valence-electron chi connectivity index (χ3n) is 8.57. The Bertz CT molecular complexity index is 1870. The van der Waals surface area contributed by atoms with Crippen molar-refractivity contribution in [2.45, 2.75) is 13.3 Å². The molecule has 0 amide bonds. The molecule has 24 nitrogen and oxygen atoms in total. The van der Waals surface area contributed by atoms with E-state index < -0.39 is 61.6 Å². The van der Waals surface area contributed by atoms with Crippen molar-refractivity contribution in [3.63, 3.8) is 0 Å². The zero-order chi connectivity index (χ0) is 46.7. The monoisotopic (exact) mass is 896 g/mol. The summed E-state index contributed by atoms with van der Waals surface area (Å²) in [6.07, 6.45) is -4.90. The quantitative estimate of drug-likeness (QED) is 0.0644. The average molecular weight is 897 g/mol. The van der Waals surface area contributed by atoms with E-state index in [9.17, 15) is 28.8 Å². The molecule has 3 aromatic rings. The van der Waals surface area contributed by atoms with E-state index in [0.717, 1.165) is 0 Å². The number of rotatable bonds is 19. The first-order chi connectivity index (χ1) is 30.2. The Labute approximate surface area is 358 Å². The van der Waals surface area contributed by atoms with Crippen LogP contribution in [0.4, 0.5) is 14.4 Å². The highest BCUT2D eigenvalue weighted by Gasteiger charge is 2.37. The lowest BCUT2D eigenvalue weighted by atomic mass is 9.88. The van der Waals surface area contributed by atoms with Crippen molar-refractivity contribution in [2.24, 2.45) is 5.41 Å². The van der Waals surface area contributed by atoms with E-state index in [1.54, 1.807) is 0 Å². The standard InChI is InChI=1S/C39H44O24/c1-11-39(18-55-36(43)61-58-33(40)21-12-15-24(46-2)30(52-8)27(21)49-5,19-56-37(44)62-59-34(41)22-13-16-25(47-3)31(53-9)28(22)50-6)20-57-38(45)63-60-35(42)23-14-17-26(48-4)32(54-10)29(23)51-7/h12-17H,11,18-20H2,1-10H3. The third-order valence-corrected chi connectivity index (χ3v) is 8.57. The highest BCUT2D eigenvalue weighted by Crippen LogP contribution is 2.42. The predicted octanol–water partition coefficient (Wildman–Crippen LogP) is 5.24. The van der Waals surface area contributed by atoms with Crippen LogP contribution in [0, 0.1) is 5.41 Å². The maximum atomic E-state index is 12.8. The summed E-state index contributed by atoms with van der Waals surface area (Å²) in [6.45, 7) is -0.865. The molecule has 0 N–H and O–H groups in total. The molecule has 0 aliphatic heterocycles. The Kier molecular flexibility index (Phi) is 18.6. The lowest BCUT2D eigenvalue weighted by Crippen LogP contribution is -2.39. The number of hydrogen-bond acceptors (Lipinski definition) is 24. The second-order valence-corrected chi connectivity index (χ2v) is 12.0. The molecule has 0 unspecified atom stereocenters. The molecule has 0 saturated carbocycles. The van der Waals surface area contributed by atoms with E-state index in [4.69, 9.17) is 56.8 Å². The van der Waals surface area contributed by atoms with Crippen LogP contribution in [0.1, 0.15) is 44.4 Å². The minimum atomic E-state index is -1.68. The molecule has 0 aliphatic rings. The van der Waals surface area contributed by atoms with E-state index >= 15 is 0 Å². The van der Waals surface area contributed by atoms with Crippen molar-refractivity contribution < 1.29 is 115 Å². The van der Waals surface area contributed by atoms with Crippen LogP contribution in [0.3, 0.4) is 0 Å². The van der Waals surface area contributed by atoms with Gasteiger partial charge < -0.3 is 56.8 Å². The van der Waals surface area contributed by atoms with Crippen LogP contribution in [0.25, 0.3) is 0 Å². The first-order valence-corrected chi connectivity index (χ1v) is 17.8. The Morgan fingerprint density at radius 1 is 0.365 bits per heavy atom. The van der Waals surface area contributed by atoms with Gasteiger partial charge in [0, 0.05) is 0 Å². The fourth-order valence-electron chi connectivity index (χ4n) is 5.28. The number of hydrogen-bond donors (Lipinski definition) is 0. The Hall–Kier alpha value is -7.92. The lowest BCUT2D eigenvalue weighted by molar-refractivity contribution is -0.217. The van der Waals surface area contributed by atoms with Crippen LogP contribution in [-0.4, -0.2) is 120 Å². The molecule has 0 spiro atoms. The van der Waals surface area contributed by atoms with Gasteiger partial charge in [0.05, 0.1) is 69.4 Å². The topological polar surface area (TPSA) is 269 Å². The summed E-state index contributed by atoms with van der Waals surface area (Å²) in [6, 6.07) is 7.83. The maximum absolute atomic E-state index is 12.8. The molecule has 0 radical (unpaired) electrons. The van der Waals surface area contributed by atoms with E-state index in [1.807, 2.05) is 0 Å². The minimum Gasteiger partial charge on any atom is -0.493 e. The van der Waals surface area contributed by atoms with Gasteiger partial charge in [0.15, 0.2) is 34.5 Å². The summed E-state index contributed by atoms with van der Waals surface area (Å²) < 4.78 is 62.3. The van der Waals surface area contributed by atoms with Gasteiger partial charge in [-0.2, -0.15) is 14.4 Å². The zero-order valence-electron chi connectivity index (χ0n) is 35.6. The number of methoxy groups -OCH3 is 9. The van der Waals surface area contributed by atoms with Gasteiger partial charge >= 0.3 is 36.4 Å². The predicted molar refractivity (Wildman–Crippen MR) is 205 cm³/mol. The van der Waals surface area contributed by atoms with E-state index in [0.29, 0.717) is 0 Å². The molecule has 63 heavy (non-hydrogen) atoms. The molecule has 3 aromatic carbocycles. The molecule has 24 heteroatoms. The SMILES string of the molecule is CCC(COC(=O)OOC(=O)c1ccc(OC)c(OC)c1OC)(COC(=O)OOC(=O)c1ccc(OC)c(OC)c1OC)COC(=O)OOC(=O)c1ccc(OC)c(OC)c1OC. The van der Waals surface area contributed by atoms with Crippen molar-refractivity contribution in [1.82, 2.24) is 0 Å². The molecule has 0 aliphatic carbocycles. The first-order valence-electron chi connectivity index (χ1n) is 17.8. The summed E-state index contributed by atoms with van der Waals surface area (Å²) >= 11 is 0. The third kappa shape index (κ3) is 12.3. The van der Waals surface area contributed by atoms with Crippen molar-refractivity contribution in [3.05, 3.63) is 53.1 Å². The molecule has 3 rings (SSSR count). The molecule has 0 bridgehead atoms. The van der Waals surface area contributed by atoms with E-state index in [-0.39, 0.29) is 74.9 Å². The van der Waals surface area contributed by atoms with Gasteiger partial charge in [0.2, 0.25) is 17.2 Å². The molecular weight excluding hydrogens is 852 g/mol. The Morgan fingerprint density at radius 3 is 0.825 bits per heavy atom. The van der Waals surface area contributed by atoms with E-state index in [1.165, 1.54) is 107 Å². The van der Waals surface area contributed by atoms with Crippen LogP contribution in [-0.2, 0) is 43.5 Å². The summed E-state index contributed by atoms with van der Waals surface area (Å²) in [4.78, 5) is 104. The van der Waals surface area contributed by atoms with Gasteiger partial charge in [-0.3, -0.25) is 0 Å². The lowest BCUT2D eigenvalue weighted by Gasteiger charge is -2.29. The average Bonchev–Trinajstić information content (AvgIpc) is 3.31. The second-order valence-electron chi connectivity index (χ2n) is 12.0. The van der Waals surface area contributed by atoms with E-state index in [2.05, 4.69) is 29.3 Å². The maximum Gasteiger partial charge on any atom is 0.549 e. The summed E-state index contributed by atoms with van der Waals surface area (Å²) in [7, 11) is 11.7. The van der Waals surface area contributed by atoms with Crippen LogP contribution in [0.2, 0.25) is 0 Å². The number of carbonyl (C=O) groups is 6. The highest BCUT2D eigenvalue weighted by atomic mass is 17.2. The highest BCUT2D eigenvalue weighted by molar-refractivity contribution is 5.95. The molecule has 0 saturated heterocycles. The van der Waals surface area contributed by atoms with Gasteiger partial charge in [0.1, 0.15) is 36.5 Å². The van der Waals surface area contributed by atoms with Crippen LogP contribution in [0.15, 0.2) is 36.4 Å². The van der Waals surface area contributed by atoms with Gasteiger partial charge in [-0.25, -0.2) is 43.7 Å². The normalized spacial score (nSPS) is 10.4. The zero-order valence-corrected chi connectivity index (χ0v) is 35.6. The fourth-order valence-corrected chi connectivity index (χ4v) is 5.28. The van der Waals surface area contributed by atoms with Crippen LogP contribution < -0.4 is 42.6 Å². The molecule has 0 heterocycles. The molecule has 0 fully saturated rings. The molecule has 344 valence electrons. The van der Waals surface area contributed by atoms with Gasteiger partial charge in [0.25, 0.3) is 0 Å². The first kappa shape index (κ1) is 49.4. The fraction of sp³-hybridized carbons (Fsp3) is 0.385. The van der Waals surface area contributed by atoms with Gasteiger partial charge in [-0.05, 0) is 42.8 Å². The van der Waals surface area contributed by atoms with Gasteiger partial charge in [-0.1, -0.05) is 6.92 Å².